The Hall–Kier alpha value is -1.51. The fourth-order valence-corrected chi connectivity index (χ4v) is 3.24. The molecule has 1 heterocycles. The Morgan fingerprint density at radius 3 is 2.37 bits per heavy atom. The van der Waals surface area contributed by atoms with Crippen molar-refractivity contribution in [3.8, 4) is 0 Å². The molecule has 2 aliphatic rings. The number of guanidine groups is 1. The first-order valence-electron chi connectivity index (χ1n) is 9.94. The second kappa shape index (κ2) is 10.1. The minimum atomic E-state index is -4.19. The van der Waals surface area contributed by atoms with Crippen LogP contribution in [0.25, 0.3) is 0 Å². The van der Waals surface area contributed by atoms with Crippen LogP contribution in [0.1, 0.15) is 39.5 Å². The Morgan fingerprint density at radius 1 is 1.19 bits per heavy atom. The highest BCUT2D eigenvalue weighted by atomic mass is 19.4. The summed E-state index contributed by atoms with van der Waals surface area (Å²) < 4.78 is 38.6. The number of hydrogen-bond acceptors (Lipinski definition) is 3. The van der Waals surface area contributed by atoms with Crippen LogP contribution in [0.2, 0.25) is 0 Å². The maximum Gasteiger partial charge on any atom is 0.403 e. The lowest BCUT2D eigenvalue weighted by atomic mass is 9.85. The number of alkyl halides is 3. The summed E-state index contributed by atoms with van der Waals surface area (Å²) in [7, 11) is 0. The lowest BCUT2D eigenvalue weighted by Crippen LogP contribution is -2.56. The van der Waals surface area contributed by atoms with Crippen LogP contribution in [0.3, 0.4) is 0 Å². The van der Waals surface area contributed by atoms with E-state index in [-0.39, 0.29) is 11.8 Å². The van der Waals surface area contributed by atoms with Gasteiger partial charge in [0.1, 0.15) is 6.04 Å². The Kier molecular flexibility index (Phi) is 8.19. The van der Waals surface area contributed by atoms with Gasteiger partial charge in [0.15, 0.2) is 5.96 Å². The van der Waals surface area contributed by atoms with E-state index in [2.05, 4.69) is 15.6 Å². The molecule has 6 nitrogen and oxygen atoms in total. The summed E-state index contributed by atoms with van der Waals surface area (Å²) in [6, 6.07) is -1.42. The van der Waals surface area contributed by atoms with Crippen molar-refractivity contribution >= 4 is 11.9 Å². The maximum atomic E-state index is 12.9. The molecule has 156 valence electrons. The minimum Gasteiger partial charge on any atom is -0.357 e. The molecule has 2 rings (SSSR count). The van der Waals surface area contributed by atoms with E-state index in [4.69, 9.17) is 0 Å². The van der Waals surface area contributed by atoms with Gasteiger partial charge in [-0.15, -0.1) is 0 Å². The SMILES string of the molecule is CCNC(=NCCCNC(=O)C1CCC1)N1CCN(C(C)C(F)(F)F)CC1. The largest absolute Gasteiger partial charge is 0.403 e. The van der Waals surface area contributed by atoms with Crippen LogP contribution >= 0.6 is 0 Å². The summed E-state index contributed by atoms with van der Waals surface area (Å²) in [5, 5.41) is 6.16. The van der Waals surface area contributed by atoms with E-state index in [1.165, 1.54) is 11.8 Å². The van der Waals surface area contributed by atoms with E-state index in [0.29, 0.717) is 45.8 Å². The second-order valence-electron chi connectivity index (χ2n) is 7.25. The van der Waals surface area contributed by atoms with E-state index < -0.39 is 12.2 Å². The summed E-state index contributed by atoms with van der Waals surface area (Å²) in [6.07, 6.45) is -0.312. The topological polar surface area (TPSA) is 60.0 Å². The third kappa shape index (κ3) is 6.55. The number of rotatable bonds is 7. The highest BCUT2D eigenvalue weighted by molar-refractivity contribution is 5.80. The van der Waals surface area contributed by atoms with Crippen molar-refractivity contribution in [2.24, 2.45) is 10.9 Å². The average Bonchev–Trinajstić information content (AvgIpc) is 2.57. The quantitative estimate of drug-likeness (QED) is 0.395. The van der Waals surface area contributed by atoms with Crippen molar-refractivity contribution in [3.63, 3.8) is 0 Å². The Labute approximate surface area is 159 Å². The number of amides is 1. The molecule has 1 saturated carbocycles. The number of carbonyl (C=O) groups is 1. The predicted octanol–water partition coefficient (Wildman–Crippen LogP) is 1.83. The van der Waals surface area contributed by atoms with Gasteiger partial charge in [-0.25, -0.2) is 0 Å². The van der Waals surface area contributed by atoms with Gasteiger partial charge in [0.25, 0.3) is 0 Å². The van der Waals surface area contributed by atoms with E-state index >= 15 is 0 Å². The molecule has 0 radical (unpaired) electrons. The molecular formula is C18H32F3N5O. The smallest absolute Gasteiger partial charge is 0.357 e. The Morgan fingerprint density at radius 2 is 1.85 bits per heavy atom. The third-order valence-corrected chi connectivity index (χ3v) is 5.34. The summed E-state index contributed by atoms with van der Waals surface area (Å²) in [5.41, 5.74) is 0. The van der Waals surface area contributed by atoms with Gasteiger partial charge in [0.05, 0.1) is 0 Å². The molecule has 0 spiro atoms. The Bertz CT molecular complexity index is 500. The van der Waals surface area contributed by atoms with Gasteiger partial charge < -0.3 is 15.5 Å². The van der Waals surface area contributed by atoms with Gasteiger partial charge in [-0.05, 0) is 33.1 Å². The van der Waals surface area contributed by atoms with Crippen molar-refractivity contribution in [2.45, 2.75) is 51.7 Å². The van der Waals surface area contributed by atoms with Crippen LogP contribution in [0.4, 0.5) is 13.2 Å². The fraction of sp³-hybridized carbons (Fsp3) is 0.889. The molecule has 0 aromatic carbocycles. The number of hydrogen-bond donors (Lipinski definition) is 2. The van der Waals surface area contributed by atoms with Crippen LogP contribution in [0, 0.1) is 5.92 Å². The first-order valence-corrected chi connectivity index (χ1v) is 9.94. The lowest BCUT2D eigenvalue weighted by molar-refractivity contribution is -0.181. The number of nitrogens with zero attached hydrogens (tertiary/aromatic N) is 3. The van der Waals surface area contributed by atoms with Crippen molar-refractivity contribution in [1.82, 2.24) is 20.4 Å². The number of aliphatic imine (C=N–C) groups is 1. The molecule has 1 aliphatic heterocycles. The van der Waals surface area contributed by atoms with Gasteiger partial charge in [0, 0.05) is 51.7 Å². The number of nitrogens with one attached hydrogen (secondary N) is 2. The van der Waals surface area contributed by atoms with Gasteiger partial charge in [-0.1, -0.05) is 6.42 Å². The first kappa shape index (κ1) is 21.8. The molecule has 27 heavy (non-hydrogen) atoms. The molecule has 0 aromatic heterocycles. The normalized spacial score (nSPS) is 20.9. The molecular weight excluding hydrogens is 359 g/mol. The summed E-state index contributed by atoms with van der Waals surface area (Å²) >= 11 is 0. The average molecular weight is 391 g/mol. The van der Waals surface area contributed by atoms with Crippen LogP contribution in [-0.4, -0.2) is 79.7 Å². The zero-order valence-corrected chi connectivity index (χ0v) is 16.3. The molecule has 1 saturated heterocycles. The number of piperazine rings is 1. The van der Waals surface area contributed by atoms with Gasteiger partial charge in [-0.2, -0.15) is 13.2 Å². The van der Waals surface area contributed by atoms with Crippen molar-refractivity contribution < 1.29 is 18.0 Å². The van der Waals surface area contributed by atoms with Gasteiger partial charge in [-0.3, -0.25) is 14.7 Å². The predicted molar refractivity (Wildman–Crippen MR) is 99.6 cm³/mol. The fourth-order valence-electron chi connectivity index (χ4n) is 3.24. The minimum absolute atomic E-state index is 0.145. The van der Waals surface area contributed by atoms with Crippen LogP contribution in [-0.2, 0) is 4.79 Å². The molecule has 1 unspecified atom stereocenters. The van der Waals surface area contributed by atoms with Crippen molar-refractivity contribution in [3.05, 3.63) is 0 Å². The summed E-state index contributed by atoms with van der Waals surface area (Å²) in [6.45, 7) is 6.83. The van der Waals surface area contributed by atoms with E-state index in [1.807, 2.05) is 11.8 Å². The van der Waals surface area contributed by atoms with E-state index in [9.17, 15) is 18.0 Å². The third-order valence-electron chi connectivity index (χ3n) is 5.34. The Balaban J connectivity index is 1.74. The molecule has 1 aliphatic carbocycles. The molecule has 9 heteroatoms. The molecule has 0 bridgehead atoms. The highest BCUT2D eigenvalue weighted by Gasteiger charge is 2.41. The van der Waals surface area contributed by atoms with Gasteiger partial charge >= 0.3 is 6.18 Å². The summed E-state index contributed by atoms with van der Waals surface area (Å²) in [5.74, 6) is 1.08. The molecule has 2 fully saturated rings. The lowest BCUT2D eigenvalue weighted by Gasteiger charge is -2.39. The van der Waals surface area contributed by atoms with Crippen LogP contribution in [0.15, 0.2) is 4.99 Å². The summed E-state index contributed by atoms with van der Waals surface area (Å²) in [4.78, 5) is 19.8. The first-order chi connectivity index (χ1) is 12.8. The molecule has 2 N–H and O–H groups in total. The molecule has 0 aromatic rings. The standard InChI is InChI=1S/C18H32F3N5O/c1-3-22-17(24-9-5-8-23-16(27)15-6-4-7-15)26-12-10-25(11-13-26)14(2)18(19,20)21/h14-15H,3-13H2,1-2H3,(H,22,24)(H,23,27). The van der Waals surface area contributed by atoms with Crippen molar-refractivity contribution in [2.75, 3.05) is 45.8 Å². The van der Waals surface area contributed by atoms with Crippen LogP contribution in [0.5, 0.6) is 0 Å². The molecule has 1 amide bonds. The zero-order chi connectivity index (χ0) is 19.9. The molecule has 1 atom stereocenters. The maximum absolute atomic E-state index is 12.9. The van der Waals surface area contributed by atoms with Crippen molar-refractivity contribution in [1.29, 1.82) is 0 Å². The monoisotopic (exact) mass is 391 g/mol. The van der Waals surface area contributed by atoms with Gasteiger partial charge in [0.2, 0.25) is 5.91 Å². The van der Waals surface area contributed by atoms with E-state index in [1.54, 1.807) is 0 Å². The second-order valence-corrected chi connectivity index (χ2v) is 7.25. The zero-order valence-electron chi connectivity index (χ0n) is 16.3. The highest BCUT2D eigenvalue weighted by Crippen LogP contribution is 2.26. The van der Waals surface area contributed by atoms with Crippen LogP contribution < -0.4 is 10.6 Å². The number of halogens is 3. The van der Waals surface area contributed by atoms with E-state index in [0.717, 1.165) is 31.6 Å². The number of carbonyl (C=O) groups excluding carboxylic acids is 1.